The Kier molecular flexibility index (Phi) is 4.41. The van der Waals surface area contributed by atoms with Crippen molar-refractivity contribution in [2.45, 2.75) is 19.3 Å². The van der Waals surface area contributed by atoms with Gasteiger partial charge in [0.1, 0.15) is 5.82 Å². The van der Waals surface area contributed by atoms with Crippen molar-refractivity contribution in [2.24, 2.45) is 0 Å². The highest BCUT2D eigenvalue weighted by Crippen LogP contribution is 1.99. The van der Waals surface area contributed by atoms with Crippen LogP contribution in [0.2, 0.25) is 0 Å². The molecule has 0 radical (unpaired) electrons. The summed E-state index contributed by atoms with van der Waals surface area (Å²) < 4.78 is 0. The molecule has 1 N–H and O–H groups in total. The first-order chi connectivity index (χ1) is 6.43. The number of unbranched alkanes of at least 4 members (excludes halogenated alkanes) is 2. The molecule has 3 heteroatoms. The minimum absolute atomic E-state index is 0.822. The van der Waals surface area contributed by atoms with Crippen LogP contribution in [0.5, 0.6) is 0 Å². The maximum Gasteiger partial charge on any atom is 0.148 e. The second-order valence-electron chi connectivity index (χ2n) is 2.70. The SMILES string of the molecule is C#CCCCCNc1cccnn1. The van der Waals surface area contributed by atoms with E-state index in [0.29, 0.717) is 0 Å². The van der Waals surface area contributed by atoms with Crippen molar-refractivity contribution in [2.75, 3.05) is 11.9 Å². The van der Waals surface area contributed by atoms with E-state index in [1.165, 1.54) is 0 Å². The Balaban J connectivity index is 2.11. The predicted octanol–water partition coefficient (Wildman–Crippen LogP) is 1.69. The van der Waals surface area contributed by atoms with Gasteiger partial charge in [-0.3, -0.25) is 0 Å². The van der Waals surface area contributed by atoms with Gasteiger partial charge in [0.15, 0.2) is 0 Å². The lowest BCUT2D eigenvalue weighted by molar-refractivity contribution is 0.785. The fourth-order valence-electron chi connectivity index (χ4n) is 0.964. The van der Waals surface area contributed by atoms with Crippen LogP contribution in [0.1, 0.15) is 19.3 Å². The van der Waals surface area contributed by atoms with E-state index in [1.54, 1.807) is 6.20 Å². The topological polar surface area (TPSA) is 37.8 Å². The Morgan fingerprint density at radius 2 is 2.38 bits per heavy atom. The molecule has 0 aliphatic rings. The molecule has 1 rings (SSSR count). The van der Waals surface area contributed by atoms with Gasteiger partial charge in [0.2, 0.25) is 0 Å². The molecule has 1 aromatic rings. The number of hydrogen-bond donors (Lipinski definition) is 1. The summed E-state index contributed by atoms with van der Waals surface area (Å²) in [6.07, 6.45) is 9.76. The molecule has 0 aliphatic carbocycles. The van der Waals surface area contributed by atoms with Gasteiger partial charge >= 0.3 is 0 Å². The van der Waals surface area contributed by atoms with Crippen LogP contribution in [0.15, 0.2) is 18.3 Å². The number of rotatable bonds is 5. The number of anilines is 1. The van der Waals surface area contributed by atoms with Crippen LogP contribution in [0.4, 0.5) is 5.82 Å². The number of hydrogen-bond acceptors (Lipinski definition) is 3. The van der Waals surface area contributed by atoms with Crippen LogP contribution in [0.3, 0.4) is 0 Å². The summed E-state index contributed by atoms with van der Waals surface area (Å²) in [6.45, 7) is 0.903. The highest BCUT2D eigenvalue weighted by Gasteiger charge is 1.90. The smallest absolute Gasteiger partial charge is 0.148 e. The fourth-order valence-corrected chi connectivity index (χ4v) is 0.964. The fraction of sp³-hybridized carbons (Fsp3) is 0.400. The zero-order valence-electron chi connectivity index (χ0n) is 7.53. The van der Waals surface area contributed by atoms with E-state index >= 15 is 0 Å². The van der Waals surface area contributed by atoms with Gasteiger partial charge in [-0.05, 0) is 25.0 Å². The molecule has 1 aromatic heterocycles. The van der Waals surface area contributed by atoms with Gasteiger partial charge in [-0.2, -0.15) is 5.10 Å². The molecule has 13 heavy (non-hydrogen) atoms. The number of nitrogens with zero attached hydrogens (tertiary/aromatic N) is 2. The summed E-state index contributed by atoms with van der Waals surface area (Å²) in [5.41, 5.74) is 0. The van der Waals surface area contributed by atoms with E-state index in [2.05, 4.69) is 21.4 Å². The quantitative estimate of drug-likeness (QED) is 0.546. The summed E-state index contributed by atoms with van der Waals surface area (Å²) in [7, 11) is 0. The molecular weight excluding hydrogens is 162 g/mol. The van der Waals surface area contributed by atoms with Gasteiger partial charge in [-0.25, -0.2) is 0 Å². The lowest BCUT2D eigenvalue weighted by Crippen LogP contribution is -2.03. The van der Waals surface area contributed by atoms with Crippen LogP contribution in [0, 0.1) is 12.3 Å². The van der Waals surface area contributed by atoms with E-state index in [4.69, 9.17) is 6.42 Å². The van der Waals surface area contributed by atoms with Crippen molar-refractivity contribution in [3.63, 3.8) is 0 Å². The second-order valence-corrected chi connectivity index (χ2v) is 2.70. The summed E-state index contributed by atoms with van der Waals surface area (Å²) in [6, 6.07) is 3.75. The molecule has 0 bridgehead atoms. The Bertz CT molecular complexity index is 263. The van der Waals surface area contributed by atoms with Crippen LogP contribution in [0.25, 0.3) is 0 Å². The lowest BCUT2D eigenvalue weighted by Gasteiger charge is -2.02. The van der Waals surface area contributed by atoms with E-state index in [0.717, 1.165) is 31.6 Å². The first-order valence-corrected chi connectivity index (χ1v) is 4.38. The second kappa shape index (κ2) is 6.01. The first kappa shape index (κ1) is 9.53. The lowest BCUT2D eigenvalue weighted by atomic mass is 10.2. The zero-order valence-corrected chi connectivity index (χ0v) is 7.53. The molecule has 0 aliphatic heterocycles. The average Bonchev–Trinajstić information content (AvgIpc) is 2.19. The third kappa shape index (κ3) is 4.12. The third-order valence-electron chi connectivity index (χ3n) is 1.63. The highest BCUT2D eigenvalue weighted by atomic mass is 15.2. The Hall–Kier alpha value is -1.56. The molecule has 1 heterocycles. The van der Waals surface area contributed by atoms with E-state index in [9.17, 15) is 0 Å². The van der Waals surface area contributed by atoms with Crippen molar-refractivity contribution in [3.8, 4) is 12.3 Å². The summed E-state index contributed by atoms with van der Waals surface area (Å²) in [4.78, 5) is 0. The van der Waals surface area contributed by atoms with Gasteiger partial charge in [0.05, 0.1) is 0 Å². The van der Waals surface area contributed by atoms with Crippen LogP contribution in [-0.2, 0) is 0 Å². The van der Waals surface area contributed by atoms with Gasteiger partial charge in [-0.15, -0.1) is 17.4 Å². The average molecular weight is 175 g/mol. The molecule has 0 unspecified atom stereocenters. The molecule has 0 aromatic carbocycles. The monoisotopic (exact) mass is 175 g/mol. The summed E-state index contributed by atoms with van der Waals surface area (Å²) in [5.74, 6) is 3.43. The van der Waals surface area contributed by atoms with Gasteiger partial charge < -0.3 is 5.32 Å². The zero-order chi connectivity index (χ0) is 9.36. The molecule has 0 saturated heterocycles. The number of aromatic nitrogens is 2. The largest absolute Gasteiger partial charge is 0.369 e. The van der Waals surface area contributed by atoms with E-state index in [-0.39, 0.29) is 0 Å². The van der Waals surface area contributed by atoms with Crippen LogP contribution < -0.4 is 5.32 Å². The Labute approximate surface area is 78.6 Å². The first-order valence-electron chi connectivity index (χ1n) is 4.38. The molecule has 0 atom stereocenters. The predicted molar refractivity (Wildman–Crippen MR) is 53.2 cm³/mol. The third-order valence-corrected chi connectivity index (χ3v) is 1.63. The number of nitrogens with one attached hydrogen (secondary N) is 1. The van der Waals surface area contributed by atoms with Crippen molar-refractivity contribution in [1.29, 1.82) is 0 Å². The van der Waals surface area contributed by atoms with Crippen LogP contribution >= 0.6 is 0 Å². The normalized spacial score (nSPS) is 9.15. The maximum absolute atomic E-state index is 5.13. The van der Waals surface area contributed by atoms with Crippen LogP contribution in [-0.4, -0.2) is 16.7 Å². The van der Waals surface area contributed by atoms with Crippen molar-refractivity contribution < 1.29 is 0 Å². The van der Waals surface area contributed by atoms with Gasteiger partial charge in [-0.1, -0.05) is 0 Å². The molecule has 0 fully saturated rings. The Morgan fingerprint density at radius 1 is 1.46 bits per heavy atom. The van der Waals surface area contributed by atoms with Gasteiger partial charge in [0.25, 0.3) is 0 Å². The minimum Gasteiger partial charge on any atom is -0.369 e. The highest BCUT2D eigenvalue weighted by molar-refractivity contribution is 5.30. The maximum atomic E-state index is 5.13. The molecular formula is C10H13N3. The molecule has 3 nitrogen and oxygen atoms in total. The number of terminal acetylenes is 1. The van der Waals surface area contributed by atoms with Crippen molar-refractivity contribution >= 4 is 5.82 Å². The van der Waals surface area contributed by atoms with Crippen molar-refractivity contribution in [1.82, 2.24) is 10.2 Å². The standard InChI is InChI=1S/C10H13N3/c1-2-3-4-5-8-11-10-7-6-9-12-13-10/h1,6-7,9H,3-5,8H2,(H,11,13). The van der Waals surface area contributed by atoms with Gasteiger partial charge in [0, 0.05) is 19.2 Å². The molecule has 0 amide bonds. The summed E-state index contributed by atoms with van der Waals surface area (Å²) >= 11 is 0. The molecule has 0 saturated carbocycles. The van der Waals surface area contributed by atoms with Crippen molar-refractivity contribution in [3.05, 3.63) is 18.3 Å². The Morgan fingerprint density at radius 3 is 3.08 bits per heavy atom. The minimum atomic E-state index is 0.822. The molecule has 68 valence electrons. The molecule has 0 spiro atoms. The van der Waals surface area contributed by atoms with E-state index < -0.39 is 0 Å². The van der Waals surface area contributed by atoms with E-state index in [1.807, 2.05) is 12.1 Å². The summed E-state index contributed by atoms with van der Waals surface area (Å²) in [5, 5.41) is 10.8.